The summed E-state index contributed by atoms with van der Waals surface area (Å²) in [6, 6.07) is 0. The van der Waals surface area contributed by atoms with Crippen LogP contribution in [0.3, 0.4) is 0 Å². The van der Waals surface area contributed by atoms with Gasteiger partial charge in [0, 0.05) is 6.54 Å². The van der Waals surface area contributed by atoms with E-state index in [2.05, 4.69) is 12.0 Å². The molecule has 1 heterocycles. The minimum atomic E-state index is 0.342. The third kappa shape index (κ3) is 2.15. The lowest BCUT2D eigenvalue weighted by atomic mass is 10.3. The molecule has 90 valence electrons. The summed E-state index contributed by atoms with van der Waals surface area (Å²) in [5.41, 5.74) is 7.59. The van der Waals surface area contributed by atoms with E-state index in [0.717, 1.165) is 37.4 Å². The lowest BCUT2D eigenvalue weighted by Gasteiger charge is -2.14. The number of nitrogens with two attached hydrogens (primary N) is 1. The number of hydrogen-bond donors (Lipinski definition) is 1. The summed E-state index contributed by atoms with van der Waals surface area (Å²) in [7, 11) is 0. The lowest BCUT2D eigenvalue weighted by molar-refractivity contribution is 0.190. The quantitative estimate of drug-likeness (QED) is 0.853. The summed E-state index contributed by atoms with van der Waals surface area (Å²) in [6.07, 6.45) is 6.22. The van der Waals surface area contributed by atoms with Crippen LogP contribution in [0.5, 0.6) is 5.88 Å². The molecule has 1 aromatic rings. The second-order valence-corrected chi connectivity index (χ2v) is 4.55. The van der Waals surface area contributed by atoms with Crippen molar-refractivity contribution in [1.29, 1.82) is 0 Å². The number of ether oxygens (including phenoxy) is 1. The van der Waals surface area contributed by atoms with Crippen LogP contribution in [0.25, 0.3) is 0 Å². The van der Waals surface area contributed by atoms with Gasteiger partial charge in [0.25, 0.3) is 0 Å². The predicted molar refractivity (Wildman–Crippen MR) is 64.6 cm³/mol. The van der Waals surface area contributed by atoms with Crippen LogP contribution in [0, 0.1) is 6.92 Å². The Balaban J connectivity index is 2.16. The molecule has 1 aliphatic rings. The SMILES string of the molecule is CCCn1nc(C)c(N)c1OC1CCCC1. The molecule has 4 nitrogen and oxygen atoms in total. The van der Waals surface area contributed by atoms with Crippen LogP contribution in [-0.2, 0) is 6.54 Å². The maximum atomic E-state index is 6.00. The first-order valence-corrected chi connectivity index (χ1v) is 6.22. The van der Waals surface area contributed by atoms with E-state index in [0.29, 0.717) is 11.8 Å². The second-order valence-electron chi connectivity index (χ2n) is 4.55. The summed E-state index contributed by atoms with van der Waals surface area (Å²) in [5.74, 6) is 0.784. The van der Waals surface area contributed by atoms with Gasteiger partial charge in [-0.25, -0.2) is 4.68 Å². The maximum Gasteiger partial charge on any atom is 0.236 e. The number of hydrogen-bond acceptors (Lipinski definition) is 3. The molecular formula is C12H21N3O. The fourth-order valence-electron chi connectivity index (χ4n) is 2.23. The fraction of sp³-hybridized carbons (Fsp3) is 0.750. The highest BCUT2D eigenvalue weighted by atomic mass is 16.5. The summed E-state index contributed by atoms with van der Waals surface area (Å²) in [5, 5.41) is 4.41. The Morgan fingerprint density at radius 3 is 2.75 bits per heavy atom. The molecule has 1 aromatic heterocycles. The lowest BCUT2D eigenvalue weighted by Crippen LogP contribution is -2.15. The van der Waals surface area contributed by atoms with Crippen LogP contribution in [0.1, 0.15) is 44.7 Å². The van der Waals surface area contributed by atoms with E-state index < -0.39 is 0 Å². The molecule has 0 aromatic carbocycles. The highest BCUT2D eigenvalue weighted by molar-refractivity contribution is 5.52. The summed E-state index contributed by atoms with van der Waals surface area (Å²) < 4.78 is 7.89. The molecule has 0 aliphatic heterocycles. The van der Waals surface area contributed by atoms with Crippen molar-refractivity contribution in [2.24, 2.45) is 0 Å². The van der Waals surface area contributed by atoms with Gasteiger partial charge >= 0.3 is 0 Å². The van der Waals surface area contributed by atoms with Gasteiger partial charge in [-0.2, -0.15) is 5.10 Å². The smallest absolute Gasteiger partial charge is 0.236 e. The molecule has 4 heteroatoms. The Bertz CT molecular complexity index is 353. The van der Waals surface area contributed by atoms with Crippen molar-refractivity contribution in [2.75, 3.05) is 5.73 Å². The highest BCUT2D eigenvalue weighted by Gasteiger charge is 2.21. The van der Waals surface area contributed by atoms with Crippen molar-refractivity contribution in [1.82, 2.24) is 9.78 Å². The monoisotopic (exact) mass is 223 g/mol. The maximum absolute atomic E-state index is 6.00. The Morgan fingerprint density at radius 2 is 2.12 bits per heavy atom. The Kier molecular flexibility index (Phi) is 3.36. The number of anilines is 1. The summed E-state index contributed by atoms with van der Waals surface area (Å²) >= 11 is 0. The molecule has 2 N–H and O–H groups in total. The van der Waals surface area contributed by atoms with Crippen molar-refractivity contribution < 1.29 is 4.74 Å². The zero-order valence-electron chi connectivity index (χ0n) is 10.2. The Hall–Kier alpha value is -1.19. The molecule has 1 saturated carbocycles. The third-order valence-electron chi connectivity index (χ3n) is 3.14. The summed E-state index contributed by atoms with van der Waals surface area (Å²) in [6.45, 7) is 4.94. The number of nitrogens with zero attached hydrogens (tertiary/aromatic N) is 2. The Labute approximate surface area is 96.8 Å². The van der Waals surface area contributed by atoms with Gasteiger partial charge in [-0.15, -0.1) is 0 Å². The van der Waals surface area contributed by atoms with Crippen LogP contribution in [-0.4, -0.2) is 15.9 Å². The van der Waals surface area contributed by atoms with E-state index >= 15 is 0 Å². The highest BCUT2D eigenvalue weighted by Crippen LogP contribution is 2.30. The van der Waals surface area contributed by atoms with Gasteiger partial charge in [-0.05, 0) is 39.0 Å². The van der Waals surface area contributed by atoms with Crippen molar-refractivity contribution in [2.45, 2.75) is 58.6 Å². The molecule has 2 rings (SSSR count). The van der Waals surface area contributed by atoms with E-state index in [1.165, 1.54) is 12.8 Å². The second kappa shape index (κ2) is 4.76. The molecule has 0 amide bonds. The van der Waals surface area contributed by atoms with Crippen molar-refractivity contribution in [3.05, 3.63) is 5.69 Å². The minimum absolute atomic E-state index is 0.342. The molecule has 0 atom stereocenters. The zero-order valence-corrected chi connectivity index (χ0v) is 10.2. The van der Waals surface area contributed by atoms with Crippen LogP contribution < -0.4 is 10.5 Å². The van der Waals surface area contributed by atoms with E-state index in [9.17, 15) is 0 Å². The van der Waals surface area contributed by atoms with Crippen LogP contribution >= 0.6 is 0 Å². The molecular weight excluding hydrogens is 202 g/mol. The largest absolute Gasteiger partial charge is 0.473 e. The van der Waals surface area contributed by atoms with Gasteiger partial charge in [-0.1, -0.05) is 6.92 Å². The van der Waals surface area contributed by atoms with Crippen molar-refractivity contribution in [3.63, 3.8) is 0 Å². The molecule has 0 bridgehead atoms. The number of nitrogen functional groups attached to an aromatic ring is 1. The topological polar surface area (TPSA) is 53.1 Å². The third-order valence-corrected chi connectivity index (χ3v) is 3.14. The average Bonchev–Trinajstić information content (AvgIpc) is 2.84. The number of aromatic nitrogens is 2. The van der Waals surface area contributed by atoms with Crippen LogP contribution in [0.2, 0.25) is 0 Å². The van der Waals surface area contributed by atoms with E-state index in [1.807, 2.05) is 11.6 Å². The molecule has 0 saturated heterocycles. The Morgan fingerprint density at radius 1 is 1.44 bits per heavy atom. The van der Waals surface area contributed by atoms with Crippen LogP contribution in [0.15, 0.2) is 0 Å². The van der Waals surface area contributed by atoms with Gasteiger partial charge in [0.2, 0.25) is 5.88 Å². The zero-order chi connectivity index (χ0) is 11.5. The predicted octanol–water partition coefficient (Wildman–Crippen LogP) is 2.51. The summed E-state index contributed by atoms with van der Waals surface area (Å²) in [4.78, 5) is 0. The standard InChI is InChI=1S/C12H21N3O/c1-3-8-15-12(11(13)9(2)14-15)16-10-6-4-5-7-10/h10H,3-8,13H2,1-2H3. The van der Waals surface area contributed by atoms with Gasteiger partial charge < -0.3 is 10.5 Å². The fourth-order valence-corrected chi connectivity index (χ4v) is 2.23. The van der Waals surface area contributed by atoms with E-state index in [1.54, 1.807) is 0 Å². The molecule has 1 aliphatic carbocycles. The van der Waals surface area contributed by atoms with Gasteiger partial charge in [0.1, 0.15) is 11.8 Å². The van der Waals surface area contributed by atoms with Gasteiger partial charge in [0.05, 0.1) is 5.69 Å². The first-order valence-electron chi connectivity index (χ1n) is 6.22. The number of aryl methyl sites for hydroxylation is 2. The van der Waals surface area contributed by atoms with Crippen molar-refractivity contribution in [3.8, 4) is 5.88 Å². The van der Waals surface area contributed by atoms with Crippen molar-refractivity contribution >= 4 is 5.69 Å². The van der Waals surface area contributed by atoms with Gasteiger partial charge in [0.15, 0.2) is 0 Å². The molecule has 16 heavy (non-hydrogen) atoms. The first kappa shape index (κ1) is 11.3. The van der Waals surface area contributed by atoms with Gasteiger partial charge in [-0.3, -0.25) is 0 Å². The molecule has 1 fully saturated rings. The number of rotatable bonds is 4. The molecule has 0 radical (unpaired) electrons. The van der Waals surface area contributed by atoms with E-state index in [-0.39, 0.29) is 0 Å². The molecule has 0 unspecified atom stereocenters. The molecule has 0 spiro atoms. The normalized spacial score (nSPS) is 16.9. The first-order chi connectivity index (χ1) is 7.72. The average molecular weight is 223 g/mol. The van der Waals surface area contributed by atoms with E-state index in [4.69, 9.17) is 10.5 Å². The van der Waals surface area contributed by atoms with Crippen LogP contribution in [0.4, 0.5) is 5.69 Å². The minimum Gasteiger partial charge on any atom is -0.473 e.